The van der Waals surface area contributed by atoms with Gasteiger partial charge in [-0.3, -0.25) is 14.4 Å². The van der Waals surface area contributed by atoms with E-state index >= 15 is 0 Å². The van der Waals surface area contributed by atoms with Crippen molar-refractivity contribution < 1.29 is 13.2 Å². The summed E-state index contributed by atoms with van der Waals surface area (Å²) in [6, 6.07) is 7.70. The highest BCUT2D eigenvalue weighted by Crippen LogP contribution is 2.20. The summed E-state index contributed by atoms with van der Waals surface area (Å²) in [4.78, 5) is 14.1. The molecular formula is C15H22N2O3S. The maximum absolute atomic E-state index is 12.1. The van der Waals surface area contributed by atoms with Crippen LogP contribution in [-0.2, 0) is 27.8 Å². The van der Waals surface area contributed by atoms with Gasteiger partial charge < -0.3 is 0 Å². The zero-order valence-electron chi connectivity index (χ0n) is 12.5. The molecule has 1 heterocycles. The van der Waals surface area contributed by atoms with Gasteiger partial charge in [-0.25, -0.2) is 8.42 Å². The molecule has 0 aliphatic carbocycles. The van der Waals surface area contributed by atoms with Gasteiger partial charge in [0, 0.05) is 13.1 Å². The summed E-state index contributed by atoms with van der Waals surface area (Å²) >= 11 is 0. The largest absolute Gasteiger partial charge is 0.288 e. The maximum atomic E-state index is 12.1. The zero-order valence-corrected chi connectivity index (χ0v) is 13.3. The molecule has 0 saturated heterocycles. The highest BCUT2D eigenvalue weighted by molar-refractivity contribution is 7.90. The average molecular weight is 310 g/mol. The van der Waals surface area contributed by atoms with Gasteiger partial charge in [0.2, 0.25) is 10.0 Å². The number of carbonyl (C=O) groups excluding carboxylic acids is 1. The molecule has 0 radical (unpaired) electrons. The Morgan fingerprint density at radius 2 is 2.00 bits per heavy atom. The Labute approximate surface area is 126 Å². The molecule has 2 rings (SSSR count). The minimum absolute atomic E-state index is 0.0196. The van der Waals surface area contributed by atoms with E-state index in [0.717, 1.165) is 13.0 Å². The molecule has 0 fully saturated rings. The summed E-state index contributed by atoms with van der Waals surface area (Å²) in [5, 5.41) is 0. The van der Waals surface area contributed by atoms with Crippen molar-refractivity contribution in [2.45, 2.75) is 39.3 Å². The van der Waals surface area contributed by atoms with Crippen molar-refractivity contribution in [3.05, 3.63) is 35.4 Å². The van der Waals surface area contributed by atoms with Crippen molar-refractivity contribution in [1.82, 2.24) is 9.62 Å². The monoisotopic (exact) mass is 310 g/mol. The molecule has 116 valence electrons. The SMILES string of the molecule is CCCS(=O)(=O)NC(=O)[C@H](C)N1CCc2ccccc2C1. The fourth-order valence-corrected chi connectivity index (χ4v) is 3.69. The van der Waals surface area contributed by atoms with Gasteiger partial charge in [-0.1, -0.05) is 31.2 Å². The second-order valence-electron chi connectivity index (χ2n) is 5.45. The number of hydrogen-bond donors (Lipinski definition) is 1. The first-order valence-electron chi connectivity index (χ1n) is 7.28. The van der Waals surface area contributed by atoms with Gasteiger partial charge >= 0.3 is 0 Å². The lowest BCUT2D eigenvalue weighted by atomic mass is 9.99. The Kier molecular flexibility index (Phi) is 5.00. The summed E-state index contributed by atoms with van der Waals surface area (Å²) in [6.45, 7) is 4.97. The van der Waals surface area contributed by atoms with E-state index in [-0.39, 0.29) is 5.75 Å². The molecule has 0 bridgehead atoms. The molecule has 1 N–H and O–H groups in total. The highest BCUT2D eigenvalue weighted by atomic mass is 32.2. The van der Waals surface area contributed by atoms with Gasteiger partial charge in [-0.2, -0.15) is 0 Å². The van der Waals surface area contributed by atoms with Crippen LogP contribution in [0.3, 0.4) is 0 Å². The van der Waals surface area contributed by atoms with Crippen LogP contribution in [0.1, 0.15) is 31.4 Å². The smallest absolute Gasteiger partial charge is 0.250 e. The van der Waals surface area contributed by atoms with Crippen molar-refractivity contribution in [2.24, 2.45) is 0 Å². The van der Waals surface area contributed by atoms with Gasteiger partial charge in [-0.05, 0) is 30.9 Å². The van der Waals surface area contributed by atoms with Crippen LogP contribution in [0.5, 0.6) is 0 Å². The third kappa shape index (κ3) is 4.04. The quantitative estimate of drug-likeness (QED) is 0.890. The Hall–Kier alpha value is -1.40. The second kappa shape index (κ2) is 6.58. The van der Waals surface area contributed by atoms with E-state index in [2.05, 4.69) is 16.9 Å². The number of nitrogens with zero attached hydrogens (tertiary/aromatic N) is 1. The molecule has 21 heavy (non-hydrogen) atoms. The van der Waals surface area contributed by atoms with E-state index in [0.29, 0.717) is 13.0 Å². The first-order valence-corrected chi connectivity index (χ1v) is 8.93. The molecule has 1 aliphatic heterocycles. The van der Waals surface area contributed by atoms with E-state index in [1.54, 1.807) is 13.8 Å². The normalized spacial score (nSPS) is 17.0. The summed E-state index contributed by atoms with van der Waals surface area (Å²) < 4.78 is 25.5. The Morgan fingerprint density at radius 1 is 1.33 bits per heavy atom. The van der Waals surface area contributed by atoms with Crippen LogP contribution >= 0.6 is 0 Å². The predicted molar refractivity (Wildman–Crippen MR) is 82.2 cm³/mol. The summed E-state index contributed by atoms with van der Waals surface area (Å²) in [5.41, 5.74) is 2.51. The van der Waals surface area contributed by atoms with Crippen molar-refractivity contribution in [3.8, 4) is 0 Å². The molecule has 1 aromatic carbocycles. The van der Waals surface area contributed by atoms with Gasteiger partial charge in [0.05, 0.1) is 11.8 Å². The van der Waals surface area contributed by atoms with E-state index in [1.807, 2.05) is 17.0 Å². The molecule has 1 aromatic rings. The minimum atomic E-state index is -3.50. The van der Waals surface area contributed by atoms with Crippen LogP contribution in [-0.4, -0.2) is 37.6 Å². The van der Waals surface area contributed by atoms with Gasteiger partial charge in [0.15, 0.2) is 0 Å². The van der Waals surface area contributed by atoms with Gasteiger partial charge in [0.1, 0.15) is 0 Å². The van der Waals surface area contributed by atoms with Crippen molar-refractivity contribution in [1.29, 1.82) is 0 Å². The van der Waals surface area contributed by atoms with Crippen LogP contribution < -0.4 is 4.72 Å². The van der Waals surface area contributed by atoms with Crippen molar-refractivity contribution in [3.63, 3.8) is 0 Å². The molecule has 5 nitrogen and oxygen atoms in total. The van der Waals surface area contributed by atoms with Crippen LogP contribution in [0, 0.1) is 0 Å². The first-order chi connectivity index (χ1) is 9.93. The van der Waals surface area contributed by atoms with E-state index < -0.39 is 22.0 Å². The number of fused-ring (bicyclic) bond motifs is 1. The van der Waals surface area contributed by atoms with Gasteiger partial charge in [-0.15, -0.1) is 0 Å². The molecule has 0 spiro atoms. The minimum Gasteiger partial charge on any atom is -0.288 e. The fourth-order valence-electron chi connectivity index (χ4n) is 2.57. The van der Waals surface area contributed by atoms with Gasteiger partial charge in [0.25, 0.3) is 5.91 Å². The number of sulfonamides is 1. The fraction of sp³-hybridized carbons (Fsp3) is 0.533. The third-order valence-electron chi connectivity index (χ3n) is 3.82. The van der Waals surface area contributed by atoms with Crippen LogP contribution in [0.4, 0.5) is 0 Å². The van der Waals surface area contributed by atoms with Crippen LogP contribution in [0.15, 0.2) is 24.3 Å². The molecular weight excluding hydrogens is 288 g/mol. The second-order valence-corrected chi connectivity index (χ2v) is 7.29. The molecule has 0 unspecified atom stereocenters. The third-order valence-corrected chi connectivity index (χ3v) is 5.27. The lowest BCUT2D eigenvalue weighted by Gasteiger charge is -2.32. The zero-order chi connectivity index (χ0) is 15.5. The molecule has 6 heteroatoms. The average Bonchev–Trinajstić information content (AvgIpc) is 2.45. The molecule has 1 aliphatic rings. The summed E-state index contributed by atoms with van der Waals surface area (Å²) in [6.07, 6.45) is 1.38. The summed E-state index contributed by atoms with van der Waals surface area (Å²) in [7, 11) is -3.50. The van der Waals surface area contributed by atoms with E-state index in [4.69, 9.17) is 0 Å². The highest BCUT2D eigenvalue weighted by Gasteiger charge is 2.27. The molecule has 0 aromatic heterocycles. The Morgan fingerprint density at radius 3 is 2.67 bits per heavy atom. The van der Waals surface area contributed by atoms with Crippen LogP contribution in [0.25, 0.3) is 0 Å². The lowest BCUT2D eigenvalue weighted by Crippen LogP contribution is -2.48. The number of hydrogen-bond acceptors (Lipinski definition) is 4. The lowest BCUT2D eigenvalue weighted by molar-refractivity contribution is -0.124. The Bertz CT molecular complexity index is 613. The number of amides is 1. The number of benzene rings is 1. The van der Waals surface area contributed by atoms with Crippen molar-refractivity contribution in [2.75, 3.05) is 12.3 Å². The topological polar surface area (TPSA) is 66.5 Å². The van der Waals surface area contributed by atoms with E-state index in [1.165, 1.54) is 11.1 Å². The molecule has 1 atom stereocenters. The maximum Gasteiger partial charge on any atom is 0.250 e. The number of carbonyl (C=O) groups is 1. The molecule has 0 saturated carbocycles. The first kappa shape index (κ1) is 16.0. The van der Waals surface area contributed by atoms with Crippen LogP contribution in [0.2, 0.25) is 0 Å². The number of rotatable bonds is 5. The predicted octanol–water partition coefficient (Wildman–Crippen LogP) is 1.29. The summed E-state index contributed by atoms with van der Waals surface area (Å²) in [5.74, 6) is -0.461. The van der Waals surface area contributed by atoms with E-state index in [9.17, 15) is 13.2 Å². The standard InChI is InChI=1S/C15H22N2O3S/c1-3-10-21(19,20)16-15(18)12(2)17-9-8-13-6-4-5-7-14(13)11-17/h4-7,12H,3,8-11H2,1-2H3,(H,16,18)/t12-/m0/s1. The van der Waals surface area contributed by atoms with Crippen molar-refractivity contribution >= 4 is 15.9 Å². The number of nitrogens with one attached hydrogen (secondary N) is 1. The Balaban J connectivity index is 2.01. The molecule has 1 amide bonds.